The van der Waals surface area contributed by atoms with Crippen molar-refractivity contribution in [1.29, 1.82) is 0 Å². The van der Waals surface area contributed by atoms with Gasteiger partial charge in [-0.25, -0.2) is 0 Å². The van der Waals surface area contributed by atoms with Crippen molar-refractivity contribution in [3.8, 4) is 0 Å². The summed E-state index contributed by atoms with van der Waals surface area (Å²) in [6, 6.07) is 2.48. The molecule has 0 aliphatic heterocycles. The van der Waals surface area contributed by atoms with E-state index < -0.39 is 0 Å². The molecule has 0 saturated heterocycles. The van der Waals surface area contributed by atoms with E-state index in [1.54, 1.807) is 6.07 Å². The fourth-order valence-corrected chi connectivity index (χ4v) is 3.04. The summed E-state index contributed by atoms with van der Waals surface area (Å²) in [5.41, 5.74) is 0.756. The predicted molar refractivity (Wildman–Crippen MR) is 84.7 cm³/mol. The van der Waals surface area contributed by atoms with E-state index in [0.717, 1.165) is 31.2 Å². The Balaban J connectivity index is 1.69. The number of rotatable bonds is 6. The van der Waals surface area contributed by atoms with Crippen LogP contribution in [0.2, 0.25) is 10.3 Å². The second-order valence-electron chi connectivity index (χ2n) is 5.42. The van der Waals surface area contributed by atoms with E-state index >= 15 is 0 Å². The molecule has 1 aromatic heterocycles. The molecule has 1 N–H and O–H groups in total. The number of nitrogens with one attached hydrogen (secondary N) is 1. The van der Waals surface area contributed by atoms with E-state index in [4.69, 9.17) is 23.2 Å². The Bertz CT molecular complexity index is 422. The SMILES string of the molecule is CN(CCCNc1cc(Cl)nnc1Cl)C1CCCCC1. The summed E-state index contributed by atoms with van der Waals surface area (Å²) in [6.45, 7) is 1.96. The number of hydrogen-bond acceptors (Lipinski definition) is 4. The maximum absolute atomic E-state index is 5.95. The summed E-state index contributed by atoms with van der Waals surface area (Å²) in [7, 11) is 2.23. The van der Waals surface area contributed by atoms with Crippen LogP contribution in [0.15, 0.2) is 6.07 Å². The van der Waals surface area contributed by atoms with E-state index in [-0.39, 0.29) is 0 Å². The van der Waals surface area contributed by atoms with Gasteiger partial charge in [0, 0.05) is 18.7 Å². The van der Waals surface area contributed by atoms with E-state index in [1.165, 1.54) is 32.1 Å². The van der Waals surface area contributed by atoms with E-state index in [9.17, 15) is 0 Å². The molecule has 1 aliphatic carbocycles. The van der Waals surface area contributed by atoms with Crippen molar-refractivity contribution in [3.63, 3.8) is 0 Å². The Morgan fingerprint density at radius 2 is 2.00 bits per heavy atom. The number of nitrogens with zero attached hydrogens (tertiary/aromatic N) is 3. The Hall–Kier alpha value is -0.580. The highest BCUT2D eigenvalue weighted by molar-refractivity contribution is 6.33. The van der Waals surface area contributed by atoms with Crippen molar-refractivity contribution < 1.29 is 0 Å². The third kappa shape index (κ3) is 4.76. The van der Waals surface area contributed by atoms with Crippen LogP contribution in [-0.4, -0.2) is 41.3 Å². The van der Waals surface area contributed by atoms with Crippen molar-refractivity contribution in [2.45, 2.75) is 44.6 Å². The van der Waals surface area contributed by atoms with Crippen LogP contribution in [-0.2, 0) is 0 Å². The fraction of sp³-hybridized carbons (Fsp3) is 0.714. The van der Waals surface area contributed by atoms with Crippen LogP contribution < -0.4 is 5.32 Å². The topological polar surface area (TPSA) is 41.0 Å². The Morgan fingerprint density at radius 3 is 2.75 bits per heavy atom. The number of hydrogen-bond donors (Lipinski definition) is 1. The zero-order valence-electron chi connectivity index (χ0n) is 11.9. The van der Waals surface area contributed by atoms with Crippen LogP contribution in [0.5, 0.6) is 0 Å². The van der Waals surface area contributed by atoms with Crippen LogP contribution in [0.3, 0.4) is 0 Å². The molecule has 1 heterocycles. The smallest absolute Gasteiger partial charge is 0.174 e. The Labute approximate surface area is 130 Å². The van der Waals surface area contributed by atoms with Gasteiger partial charge in [-0.05, 0) is 32.9 Å². The first-order chi connectivity index (χ1) is 9.66. The third-order valence-electron chi connectivity index (χ3n) is 3.92. The maximum atomic E-state index is 5.95. The first kappa shape index (κ1) is 15.8. The lowest BCUT2D eigenvalue weighted by Gasteiger charge is -2.31. The lowest BCUT2D eigenvalue weighted by Crippen LogP contribution is -2.34. The van der Waals surface area contributed by atoms with Crippen molar-refractivity contribution in [3.05, 3.63) is 16.4 Å². The minimum absolute atomic E-state index is 0.358. The molecule has 112 valence electrons. The van der Waals surface area contributed by atoms with Crippen LogP contribution >= 0.6 is 23.2 Å². The molecular weight excluding hydrogens is 295 g/mol. The molecular formula is C14H22Cl2N4. The molecule has 0 atom stereocenters. The first-order valence-corrected chi connectivity index (χ1v) is 8.05. The number of anilines is 1. The maximum Gasteiger partial charge on any atom is 0.174 e. The molecule has 0 spiro atoms. The summed E-state index contributed by atoms with van der Waals surface area (Å²) < 4.78 is 0. The van der Waals surface area contributed by atoms with Gasteiger partial charge in [-0.2, -0.15) is 0 Å². The lowest BCUT2D eigenvalue weighted by atomic mass is 9.94. The zero-order valence-corrected chi connectivity index (χ0v) is 13.4. The van der Waals surface area contributed by atoms with Crippen LogP contribution in [0, 0.1) is 0 Å². The van der Waals surface area contributed by atoms with E-state index in [0.29, 0.717) is 10.3 Å². The van der Waals surface area contributed by atoms with Gasteiger partial charge in [-0.15, -0.1) is 10.2 Å². The van der Waals surface area contributed by atoms with Crippen LogP contribution in [0.25, 0.3) is 0 Å². The second kappa shape index (κ2) is 8.01. The molecule has 0 radical (unpaired) electrons. The fourth-order valence-electron chi connectivity index (χ4n) is 2.73. The van der Waals surface area contributed by atoms with Gasteiger partial charge in [0.15, 0.2) is 10.3 Å². The number of aromatic nitrogens is 2. The minimum atomic E-state index is 0.358. The van der Waals surface area contributed by atoms with Crippen molar-refractivity contribution >= 4 is 28.9 Å². The highest BCUT2D eigenvalue weighted by Crippen LogP contribution is 2.22. The molecule has 6 heteroatoms. The molecule has 0 bridgehead atoms. The summed E-state index contributed by atoms with van der Waals surface area (Å²) in [6.07, 6.45) is 7.93. The second-order valence-corrected chi connectivity index (χ2v) is 6.17. The van der Waals surface area contributed by atoms with Gasteiger partial charge in [0.1, 0.15) is 0 Å². The molecule has 1 fully saturated rings. The van der Waals surface area contributed by atoms with Gasteiger partial charge in [0.05, 0.1) is 5.69 Å². The normalized spacial score (nSPS) is 16.6. The molecule has 0 unspecified atom stereocenters. The number of halogens is 2. The van der Waals surface area contributed by atoms with Gasteiger partial charge in [-0.1, -0.05) is 42.5 Å². The average molecular weight is 317 g/mol. The Kier molecular flexibility index (Phi) is 6.33. The molecule has 20 heavy (non-hydrogen) atoms. The highest BCUT2D eigenvalue weighted by Gasteiger charge is 2.17. The lowest BCUT2D eigenvalue weighted by molar-refractivity contribution is 0.191. The summed E-state index contributed by atoms with van der Waals surface area (Å²) in [5, 5.41) is 11.5. The van der Waals surface area contributed by atoms with Gasteiger partial charge in [0.25, 0.3) is 0 Å². The van der Waals surface area contributed by atoms with E-state index in [1.807, 2.05) is 0 Å². The zero-order chi connectivity index (χ0) is 14.4. The quantitative estimate of drug-likeness (QED) is 0.809. The monoisotopic (exact) mass is 316 g/mol. The molecule has 0 amide bonds. The molecule has 1 aromatic rings. The molecule has 4 nitrogen and oxygen atoms in total. The van der Waals surface area contributed by atoms with Crippen LogP contribution in [0.4, 0.5) is 5.69 Å². The molecule has 0 aromatic carbocycles. The van der Waals surface area contributed by atoms with Gasteiger partial charge >= 0.3 is 0 Å². The predicted octanol–water partition coefficient (Wildman–Crippen LogP) is 3.85. The van der Waals surface area contributed by atoms with Crippen LogP contribution in [0.1, 0.15) is 38.5 Å². The van der Waals surface area contributed by atoms with E-state index in [2.05, 4.69) is 27.5 Å². The summed E-state index contributed by atoms with van der Waals surface area (Å²) in [5.74, 6) is 0. The van der Waals surface area contributed by atoms with Gasteiger partial charge in [0.2, 0.25) is 0 Å². The summed E-state index contributed by atoms with van der Waals surface area (Å²) in [4.78, 5) is 2.49. The highest BCUT2D eigenvalue weighted by atomic mass is 35.5. The Morgan fingerprint density at radius 1 is 1.25 bits per heavy atom. The first-order valence-electron chi connectivity index (χ1n) is 7.29. The van der Waals surface area contributed by atoms with Gasteiger partial charge in [-0.3, -0.25) is 0 Å². The minimum Gasteiger partial charge on any atom is -0.382 e. The van der Waals surface area contributed by atoms with Gasteiger partial charge < -0.3 is 10.2 Å². The average Bonchev–Trinajstić information content (AvgIpc) is 2.47. The largest absolute Gasteiger partial charge is 0.382 e. The standard InChI is InChI=1S/C14H22Cl2N4/c1-20(11-6-3-2-4-7-11)9-5-8-17-12-10-13(15)18-19-14(12)16/h10-11H,2-9H2,1H3,(H,17,18). The third-order valence-corrected chi connectivity index (χ3v) is 4.38. The summed E-state index contributed by atoms with van der Waals surface area (Å²) >= 11 is 11.8. The molecule has 2 rings (SSSR count). The van der Waals surface area contributed by atoms with Crippen molar-refractivity contribution in [2.75, 3.05) is 25.5 Å². The molecule has 1 aliphatic rings. The van der Waals surface area contributed by atoms with Crippen molar-refractivity contribution in [2.24, 2.45) is 0 Å². The molecule has 1 saturated carbocycles. The van der Waals surface area contributed by atoms with Crippen molar-refractivity contribution in [1.82, 2.24) is 15.1 Å².